The summed E-state index contributed by atoms with van der Waals surface area (Å²) in [4.78, 5) is 32.7. The SMILES string of the molecule is CCN(CCN(C)CCc1ccc2c(c1)COC2=O)C(=O)Cc1ccc(C#N)c(C)n1. The summed E-state index contributed by atoms with van der Waals surface area (Å²) in [6.45, 7) is 7.03. The fourth-order valence-electron chi connectivity index (χ4n) is 3.62. The van der Waals surface area contributed by atoms with Gasteiger partial charge in [0, 0.05) is 31.7 Å². The summed E-state index contributed by atoms with van der Waals surface area (Å²) in [7, 11) is 2.05. The molecule has 0 saturated heterocycles. The Morgan fingerprint density at radius 1 is 1.23 bits per heavy atom. The number of nitriles is 1. The number of amides is 1. The molecule has 1 aliphatic heterocycles. The van der Waals surface area contributed by atoms with Crippen molar-refractivity contribution in [2.75, 3.05) is 33.2 Å². The Labute approximate surface area is 183 Å². The molecule has 0 atom stereocenters. The molecule has 1 aromatic heterocycles. The van der Waals surface area contributed by atoms with Gasteiger partial charge in [0.05, 0.1) is 28.9 Å². The fraction of sp³-hybridized carbons (Fsp3) is 0.417. The van der Waals surface area contributed by atoms with Crippen molar-refractivity contribution in [3.8, 4) is 6.07 Å². The predicted octanol–water partition coefficient (Wildman–Crippen LogP) is 2.50. The number of cyclic esters (lactones) is 1. The van der Waals surface area contributed by atoms with Gasteiger partial charge in [-0.2, -0.15) is 5.26 Å². The number of hydrogen-bond acceptors (Lipinski definition) is 6. The van der Waals surface area contributed by atoms with E-state index in [2.05, 4.69) is 16.0 Å². The molecule has 1 aliphatic rings. The van der Waals surface area contributed by atoms with Crippen LogP contribution in [0, 0.1) is 18.3 Å². The summed E-state index contributed by atoms with van der Waals surface area (Å²) < 4.78 is 5.06. The van der Waals surface area contributed by atoms with E-state index in [4.69, 9.17) is 10.00 Å². The van der Waals surface area contributed by atoms with Crippen molar-refractivity contribution >= 4 is 11.9 Å². The van der Waals surface area contributed by atoms with Gasteiger partial charge in [0.25, 0.3) is 0 Å². The van der Waals surface area contributed by atoms with Crippen LogP contribution < -0.4 is 0 Å². The lowest BCUT2D eigenvalue weighted by atomic mass is 10.0. The van der Waals surface area contributed by atoms with Gasteiger partial charge in [0.15, 0.2) is 0 Å². The number of fused-ring (bicyclic) bond motifs is 1. The highest BCUT2D eigenvalue weighted by Gasteiger charge is 2.21. The molecule has 0 unspecified atom stereocenters. The van der Waals surface area contributed by atoms with Gasteiger partial charge in [-0.25, -0.2) is 4.79 Å². The van der Waals surface area contributed by atoms with Crippen molar-refractivity contribution in [3.63, 3.8) is 0 Å². The van der Waals surface area contributed by atoms with Crippen LogP contribution in [0.15, 0.2) is 30.3 Å². The molecule has 7 nitrogen and oxygen atoms in total. The van der Waals surface area contributed by atoms with Crippen LogP contribution in [0.25, 0.3) is 0 Å². The summed E-state index contributed by atoms with van der Waals surface area (Å²) in [5.41, 5.74) is 4.67. The molecule has 162 valence electrons. The predicted molar refractivity (Wildman–Crippen MR) is 116 cm³/mol. The third kappa shape index (κ3) is 5.68. The zero-order chi connectivity index (χ0) is 22.4. The van der Waals surface area contributed by atoms with Gasteiger partial charge in [-0.15, -0.1) is 0 Å². The van der Waals surface area contributed by atoms with Crippen LogP contribution in [0.2, 0.25) is 0 Å². The Kier molecular flexibility index (Phi) is 7.37. The Morgan fingerprint density at radius 2 is 2.03 bits per heavy atom. The van der Waals surface area contributed by atoms with Crippen LogP contribution in [-0.2, 0) is 29.0 Å². The minimum absolute atomic E-state index is 0.0378. The lowest BCUT2D eigenvalue weighted by Crippen LogP contribution is -2.38. The van der Waals surface area contributed by atoms with E-state index < -0.39 is 0 Å². The van der Waals surface area contributed by atoms with Gasteiger partial charge in [0.2, 0.25) is 5.91 Å². The number of aryl methyl sites for hydroxylation is 1. The van der Waals surface area contributed by atoms with Gasteiger partial charge in [-0.3, -0.25) is 9.78 Å². The maximum Gasteiger partial charge on any atom is 0.338 e. The molecule has 0 bridgehead atoms. The van der Waals surface area contributed by atoms with Gasteiger partial charge in [0.1, 0.15) is 12.7 Å². The first kappa shape index (κ1) is 22.4. The topological polar surface area (TPSA) is 86.5 Å². The van der Waals surface area contributed by atoms with E-state index in [1.165, 1.54) is 5.56 Å². The smallest absolute Gasteiger partial charge is 0.338 e. The molecule has 0 aliphatic carbocycles. The summed E-state index contributed by atoms with van der Waals surface area (Å²) in [6, 6.07) is 11.4. The molecule has 0 spiro atoms. The van der Waals surface area contributed by atoms with Crippen molar-refractivity contribution in [1.82, 2.24) is 14.8 Å². The molecular formula is C24H28N4O3. The molecule has 31 heavy (non-hydrogen) atoms. The first-order valence-electron chi connectivity index (χ1n) is 10.5. The quantitative estimate of drug-likeness (QED) is 0.580. The number of rotatable bonds is 9. The van der Waals surface area contributed by atoms with Crippen LogP contribution in [-0.4, -0.2) is 59.9 Å². The maximum atomic E-state index is 12.7. The van der Waals surface area contributed by atoms with Crippen molar-refractivity contribution in [2.24, 2.45) is 0 Å². The Morgan fingerprint density at radius 3 is 2.74 bits per heavy atom. The number of carbonyl (C=O) groups excluding carboxylic acids is 2. The molecule has 3 rings (SSSR count). The lowest BCUT2D eigenvalue weighted by Gasteiger charge is -2.24. The third-order valence-electron chi connectivity index (χ3n) is 5.61. The summed E-state index contributed by atoms with van der Waals surface area (Å²) in [6.07, 6.45) is 1.10. The van der Waals surface area contributed by atoms with Crippen LogP contribution in [0.5, 0.6) is 0 Å². The number of carbonyl (C=O) groups is 2. The van der Waals surface area contributed by atoms with Crippen LogP contribution in [0.3, 0.4) is 0 Å². The lowest BCUT2D eigenvalue weighted by molar-refractivity contribution is -0.130. The highest BCUT2D eigenvalue weighted by atomic mass is 16.5. The maximum absolute atomic E-state index is 12.7. The minimum atomic E-state index is -0.241. The number of aromatic nitrogens is 1. The molecule has 2 heterocycles. The van der Waals surface area contributed by atoms with Crippen LogP contribution in [0.1, 0.15) is 45.4 Å². The first-order valence-corrected chi connectivity index (χ1v) is 10.5. The van der Waals surface area contributed by atoms with Crippen molar-refractivity contribution in [1.29, 1.82) is 5.26 Å². The van der Waals surface area contributed by atoms with E-state index in [-0.39, 0.29) is 18.3 Å². The number of benzene rings is 1. The summed E-state index contributed by atoms with van der Waals surface area (Å²) in [5, 5.41) is 9.02. The second kappa shape index (κ2) is 10.2. The standard InChI is InChI=1S/C24H28N4O3/c1-4-28(23(29)14-21-7-6-19(15-25)17(2)26-21)12-11-27(3)10-9-18-5-8-22-20(13-18)16-31-24(22)30/h5-8,13H,4,9-12,14,16H2,1-3H3. The Bertz CT molecular complexity index is 1010. The molecule has 2 aromatic rings. The molecular weight excluding hydrogens is 392 g/mol. The summed E-state index contributed by atoms with van der Waals surface area (Å²) in [5.74, 6) is -0.204. The van der Waals surface area contributed by atoms with Crippen molar-refractivity contribution in [2.45, 2.75) is 33.3 Å². The van der Waals surface area contributed by atoms with Crippen LogP contribution in [0.4, 0.5) is 0 Å². The molecule has 7 heteroatoms. The number of pyridine rings is 1. The normalized spacial score (nSPS) is 12.4. The average Bonchev–Trinajstić information content (AvgIpc) is 3.13. The largest absolute Gasteiger partial charge is 0.457 e. The van der Waals surface area contributed by atoms with Gasteiger partial charge < -0.3 is 14.5 Å². The molecule has 1 aromatic carbocycles. The first-order chi connectivity index (χ1) is 14.9. The van der Waals surface area contributed by atoms with Crippen molar-refractivity contribution in [3.05, 3.63) is 64.0 Å². The van der Waals surface area contributed by atoms with Crippen LogP contribution >= 0.6 is 0 Å². The van der Waals surface area contributed by atoms with E-state index in [1.807, 2.05) is 37.1 Å². The van der Waals surface area contributed by atoms with Gasteiger partial charge in [-0.05, 0) is 51.1 Å². The summed E-state index contributed by atoms with van der Waals surface area (Å²) >= 11 is 0. The van der Waals surface area contributed by atoms with E-state index in [9.17, 15) is 9.59 Å². The highest BCUT2D eigenvalue weighted by molar-refractivity contribution is 5.93. The Balaban J connectivity index is 1.47. The van der Waals surface area contributed by atoms with Crippen molar-refractivity contribution < 1.29 is 14.3 Å². The monoisotopic (exact) mass is 420 g/mol. The Hall–Kier alpha value is -3.24. The third-order valence-corrected chi connectivity index (χ3v) is 5.61. The number of likely N-dealkylation sites (N-methyl/N-ethyl adjacent to an activating group) is 2. The number of esters is 1. The van der Waals surface area contributed by atoms with E-state index in [1.54, 1.807) is 19.1 Å². The average molecular weight is 421 g/mol. The van der Waals surface area contributed by atoms with E-state index in [0.29, 0.717) is 42.2 Å². The number of ether oxygens (including phenoxy) is 1. The number of nitrogens with zero attached hydrogens (tertiary/aromatic N) is 4. The second-order valence-electron chi connectivity index (χ2n) is 7.82. The number of hydrogen-bond donors (Lipinski definition) is 0. The molecule has 0 radical (unpaired) electrons. The van der Waals surface area contributed by atoms with E-state index >= 15 is 0 Å². The zero-order valence-corrected chi connectivity index (χ0v) is 18.4. The van der Waals surface area contributed by atoms with E-state index in [0.717, 1.165) is 25.1 Å². The van der Waals surface area contributed by atoms with Gasteiger partial charge in [-0.1, -0.05) is 12.1 Å². The highest BCUT2D eigenvalue weighted by Crippen LogP contribution is 2.21. The van der Waals surface area contributed by atoms with Gasteiger partial charge >= 0.3 is 5.97 Å². The molecule has 0 fully saturated rings. The fourth-order valence-corrected chi connectivity index (χ4v) is 3.62. The minimum Gasteiger partial charge on any atom is -0.457 e. The second-order valence-corrected chi connectivity index (χ2v) is 7.82. The molecule has 1 amide bonds. The molecule has 0 N–H and O–H groups in total. The molecule has 0 saturated carbocycles. The zero-order valence-electron chi connectivity index (χ0n) is 18.4.